The van der Waals surface area contributed by atoms with Gasteiger partial charge in [-0.1, -0.05) is 9.64 Å². The van der Waals surface area contributed by atoms with Gasteiger partial charge in [0.15, 0.2) is 11.8 Å². The highest BCUT2D eigenvalue weighted by molar-refractivity contribution is 7.12. The van der Waals surface area contributed by atoms with E-state index in [4.69, 9.17) is 0 Å². The lowest BCUT2D eigenvalue weighted by Crippen LogP contribution is -1.57. The normalized spacial score (nSPS) is 10.5. The highest BCUT2D eigenvalue weighted by atomic mass is 32.1. The highest BCUT2D eigenvalue weighted by Gasteiger charge is 1.98. The number of nitrogens with zero attached hydrogens (tertiary/aromatic N) is 3. The van der Waals surface area contributed by atoms with E-state index in [-0.39, 0.29) is 0 Å². The molecule has 0 N–H and O–H groups in total. The predicted octanol–water partition coefficient (Wildman–Crippen LogP) is 0.679. The molecule has 2 aromatic heterocycles. The van der Waals surface area contributed by atoms with E-state index in [2.05, 4.69) is 19.3 Å². The largest absolute Gasteiger partial charge is 0.361 e. The molecule has 2 heterocycles. The van der Waals surface area contributed by atoms with Crippen molar-refractivity contribution in [3.05, 3.63) is 6.26 Å². The van der Waals surface area contributed by atoms with Crippen molar-refractivity contribution in [2.24, 2.45) is 0 Å². The third-order valence-electron chi connectivity index (χ3n) is 0.795. The fourth-order valence-electron chi connectivity index (χ4n) is 0.454. The van der Waals surface area contributed by atoms with E-state index in [1.807, 2.05) is 0 Å². The van der Waals surface area contributed by atoms with Gasteiger partial charge in [-0.15, -0.1) is 5.10 Å². The summed E-state index contributed by atoms with van der Waals surface area (Å²) in [5.41, 5.74) is 0.731. The van der Waals surface area contributed by atoms with Gasteiger partial charge in [0.05, 0.1) is 0 Å². The van der Waals surface area contributed by atoms with Gasteiger partial charge in [0, 0.05) is 11.5 Å². The molecule has 0 unspecified atom stereocenters. The molecule has 0 spiro atoms. The first-order valence-electron chi connectivity index (χ1n) is 1.99. The number of fused-ring (bicyclic) bond motifs is 1. The van der Waals surface area contributed by atoms with E-state index in [0.717, 1.165) is 10.3 Å². The van der Waals surface area contributed by atoms with Crippen LogP contribution >= 0.6 is 11.5 Å². The van der Waals surface area contributed by atoms with Crippen LogP contribution in [-0.2, 0) is 0 Å². The summed E-state index contributed by atoms with van der Waals surface area (Å²) < 4.78 is 8.19. The topological polar surface area (TPSA) is 51.8 Å². The van der Waals surface area contributed by atoms with Gasteiger partial charge >= 0.3 is 0 Å². The standard InChI is InChI=1S/C3HN3OS/c1-2-3(5-7-1)8-6-4-2/h1H. The number of rotatable bonds is 0. The maximum atomic E-state index is 4.56. The molecule has 0 aromatic carbocycles. The molecule has 0 bridgehead atoms. The van der Waals surface area contributed by atoms with Crippen molar-refractivity contribution in [2.45, 2.75) is 0 Å². The van der Waals surface area contributed by atoms with E-state index in [9.17, 15) is 0 Å². The Bertz CT molecular complexity index is 236. The van der Waals surface area contributed by atoms with Gasteiger partial charge in [-0.3, -0.25) is 0 Å². The first-order valence-corrected chi connectivity index (χ1v) is 2.76. The summed E-state index contributed by atoms with van der Waals surface area (Å²) in [6.07, 6.45) is 1.47. The van der Waals surface area contributed by atoms with Gasteiger partial charge in [0.1, 0.15) is 0 Å². The van der Waals surface area contributed by atoms with E-state index in [0.29, 0.717) is 0 Å². The van der Waals surface area contributed by atoms with Crippen molar-refractivity contribution in [3.8, 4) is 0 Å². The summed E-state index contributed by atoms with van der Waals surface area (Å²) in [4.78, 5) is 0.755. The lowest BCUT2D eigenvalue weighted by atomic mass is 10.7. The minimum absolute atomic E-state index is 0.731. The molecule has 2 rings (SSSR count). The van der Waals surface area contributed by atoms with Gasteiger partial charge in [0.25, 0.3) is 0 Å². The van der Waals surface area contributed by atoms with Gasteiger partial charge in [-0.25, -0.2) is 0 Å². The van der Waals surface area contributed by atoms with E-state index < -0.39 is 0 Å². The first kappa shape index (κ1) is 3.96. The van der Waals surface area contributed by atoms with Crippen molar-refractivity contribution in [1.29, 1.82) is 0 Å². The second kappa shape index (κ2) is 1.25. The van der Waals surface area contributed by atoms with Crippen LogP contribution in [-0.4, -0.2) is 14.7 Å². The number of hydrogen-bond donors (Lipinski definition) is 0. The third-order valence-corrected chi connectivity index (χ3v) is 1.41. The average molecular weight is 127 g/mol. The summed E-state index contributed by atoms with van der Waals surface area (Å²) in [7, 11) is 0. The first-order chi connectivity index (χ1) is 3.97. The molecule has 0 aliphatic carbocycles. The number of aromatic nitrogens is 3. The Kier molecular flexibility index (Phi) is 0.621. The molecular weight excluding hydrogens is 126 g/mol. The minimum Gasteiger partial charge on any atom is -0.361 e. The molecule has 0 aliphatic heterocycles. The second-order valence-electron chi connectivity index (χ2n) is 1.28. The zero-order chi connectivity index (χ0) is 5.40. The maximum Gasteiger partial charge on any atom is 0.206 e. The van der Waals surface area contributed by atoms with Crippen LogP contribution in [0.3, 0.4) is 0 Å². The summed E-state index contributed by atoms with van der Waals surface area (Å²) in [5, 5.41) is 7.29. The van der Waals surface area contributed by atoms with Crippen LogP contribution in [0.5, 0.6) is 0 Å². The van der Waals surface area contributed by atoms with Crippen LogP contribution in [0.2, 0.25) is 0 Å². The SMILES string of the molecule is c1onc2snnc12. The molecule has 0 saturated heterocycles. The Morgan fingerprint density at radius 3 is 3.50 bits per heavy atom. The molecule has 2 aromatic rings. The summed E-state index contributed by atoms with van der Waals surface area (Å²) in [5.74, 6) is 0. The maximum absolute atomic E-state index is 4.56. The molecule has 5 heteroatoms. The van der Waals surface area contributed by atoms with E-state index in [1.165, 1.54) is 17.8 Å². The van der Waals surface area contributed by atoms with Gasteiger partial charge in [0.2, 0.25) is 4.83 Å². The van der Waals surface area contributed by atoms with Crippen LogP contribution < -0.4 is 0 Å². The smallest absolute Gasteiger partial charge is 0.206 e. The molecular formula is C3HN3OS. The van der Waals surface area contributed by atoms with Crippen molar-refractivity contribution in [1.82, 2.24) is 14.7 Å². The monoisotopic (exact) mass is 127 g/mol. The Morgan fingerprint density at radius 2 is 2.62 bits per heavy atom. The van der Waals surface area contributed by atoms with Crippen LogP contribution in [0.15, 0.2) is 10.8 Å². The van der Waals surface area contributed by atoms with Crippen LogP contribution in [0, 0.1) is 0 Å². The van der Waals surface area contributed by atoms with Crippen molar-refractivity contribution in [3.63, 3.8) is 0 Å². The zero-order valence-corrected chi connectivity index (χ0v) is 4.55. The lowest BCUT2D eigenvalue weighted by molar-refractivity contribution is 0.428. The molecule has 0 radical (unpaired) electrons. The van der Waals surface area contributed by atoms with Crippen LogP contribution in [0.4, 0.5) is 0 Å². The fraction of sp³-hybridized carbons (Fsp3) is 0. The lowest BCUT2D eigenvalue weighted by Gasteiger charge is -1.55. The average Bonchev–Trinajstić information content (AvgIpc) is 2.15. The molecule has 0 aliphatic rings. The fourth-order valence-corrected chi connectivity index (χ4v) is 0.919. The van der Waals surface area contributed by atoms with E-state index in [1.54, 1.807) is 0 Å². The Labute approximate surface area is 48.3 Å². The Hall–Kier alpha value is -0.970. The molecule has 0 amide bonds. The molecule has 0 fully saturated rings. The van der Waals surface area contributed by atoms with Crippen LogP contribution in [0.25, 0.3) is 10.3 Å². The predicted molar refractivity (Wildman–Crippen MR) is 27.5 cm³/mol. The zero-order valence-electron chi connectivity index (χ0n) is 3.74. The van der Waals surface area contributed by atoms with Gasteiger partial charge in [-0.05, 0) is 0 Å². The van der Waals surface area contributed by atoms with Crippen molar-refractivity contribution < 1.29 is 4.52 Å². The quantitative estimate of drug-likeness (QED) is 0.522. The third kappa shape index (κ3) is 0.362. The van der Waals surface area contributed by atoms with Gasteiger partial charge < -0.3 is 4.52 Å². The van der Waals surface area contributed by atoms with E-state index >= 15 is 0 Å². The Balaban J connectivity index is 3.06. The summed E-state index contributed by atoms with van der Waals surface area (Å²) in [6.45, 7) is 0. The summed E-state index contributed by atoms with van der Waals surface area (Å²) >= 11 is 1.23. The van der Waals surface area contributed by atoms with Gasteiger partial charge in [-0.2, -0.15) is 0 Å². The van der Waals surface area contributed by atoms with Crippen LogP contribution in [0.1, 0.15) is 0 Å². The van der Waals surface area contributed by atoms with Crippen molar-refractivity contribution in [2.75, 3.05) is 0 Å². The second-order valence-corrected chi connectivity index (χ2v) is 2.01. The molecule has 40 valence electrons. The minimum atomic E-state index is 0.731. The number of hydrogen-bond acceptors (Lipinski definition) is 5. The molecule has 8 heavy (non-hydrogen) atoms. The molecule has 4 nitrogen and oxygen atoms in total. The van der Waals surface area contributed by atoms with Crippen molar-refractivity contribution >= 4 is 21.9 Å². The molecule has 0 atom stereocenters. The highest BCUT2D eigenvalue weighted by Crippen LogP contribution is 2.10. The Morgan fingerprint density at radius 1 is 1.62 bits per heavy atom. The molecule has 0 saturated carbocycles. The summed E-state index contributed by atoms with van der Waals surface area (Å²) in [6, 6.07) is 0.